The van der Waals surface area contributed by atoms with E-state index in [-0.39, 0.29) is 11.9 Å². The zero-order valence-corrected chi connectivity index (χ0v) is 11.1. The van der Waals surface area contributed by atoms with E-state index in [4.69, 9.17) is 4.52 Å². The van der Waals surface area contributed by atoms with Crippen molar-refractivity contribution < 1.29 is 9.32 Å². The molecular formula is C13H16N4O2. The molecule has 2 heterocycles. The summed E-state index contributed by atoms with van der Waals surface area (Å²) in [5, 5.41) is 6.76. The zero-order valence-electron chi connectivity index (χ0n) is 11.1. The third-order valence-electron chi connectivity index (χ3n) is 3.05. The molecule has 1 atom stereocenters. The van der Waals surface area contributed by atoms with Crippen LogP contribution >= 0.6 is 0 Å². The predicted octanol–water partition coefficient (Wildman–Crippen LogP) is 1.94. The normalized spacial score (nSPS) is 11.9. The summed E-state index contributed by atoms with van der Waals surface area (Å²) >= 11 is 0. The third-order valence-corrected chi connectivity index (χ3v) is 3.05. The van der Waals surface area contributed by atoms with Gasteiger partial charge in [-0.2, -0.15) is 0 Å². The maximum atomic E-state index is 12.4. The highest BCUT2D eigenvalue weighted by molar-refractivity contribution is 5.94. The second-order valence-corrected chi connectivity index (χ2v) is 4.20. The maximum Gasteiger partial charge on any atom is 0.254 e. The van der Waals surface area contributed by atoms with Gasteiger partial charge in [0.2, 0.25) is 0 Å². The van der Waals surface area contributed by atoms with Crippen molar-refractivity contribution in [1.82, 2.24) is 15.0 Å². The Kier molecular flexibility index (Phi) is 3.79. The average Bonchev–Trinajstić information content (AvgIpc) is 2.99. The van der Waals surface area contributed by atoms with E-state index in [0.717, 1.165) is 5.69 Å². The number of hydrogen-bond acceptors (Lipinski definition) is 5. The highest BCUT2D eigenvalue weighted by Gasteiger charge is 2.21. The molecule has 1 N–H and O–H groups in total. The smallest absolute Gasteiger partial charge is 0.254 e. The Balaban J connectivity index is 2.18. The van der Waals surface area contributed by atoms with Crippen molar-refractivity contribution in [3.8, 4) is 0 Å². The zero-order chi connectivity index (χ0) is 13.8. The monoisotopic (exact) mass is 260 g/mol. The number of hydrogen-bond donors (Lipinski definition) is 1. The van der Waals surface area contributed by atoms with Gasteiger partial charge in [0.25, 0.3) is 5.91 Å². The summed E-state index contributed by atoms with van der Waals surface area (Å²) in [4.78, 5) is 18.1. The van der Waals surface area contributed by atoms with Gasteiger partial charge < -0.3 is 14.7 Å². The lowest BCUT2D eigenvalue weighted by molar-refractivity contribution is 0.0737. The molecule has 19 heavy (non-hydrogen) atoms. The highest BCUT2D eigenvalue weighted by Crippen LogP contribution is 2.19. The average molecular weight is 260 g/mol. The van der Waals surface area contributed by atoms with Crippen molar-refractivity contribution >= 4 is 11.7 Å². The van der Waals surface area contributed by atoms with E-state index >= 15 is 0 Å². The van der Waals surface area contributed by atoms with Gasteiger partial charge in [0, 0.05) is 31.9 Å². The molecule has 0 bridgehead atoms. The number of aromatic nitrogens is 2. The largest absolute Gasteiger partial charge is 0.373 e. The van der Waals surface area contributed by atoms with Crippen molar-refractivity contribution in [3.63, 3.8) is 0 Å². The first-order valence-electron chi connectivity index (χ1n) is 5.94. The molecule has 0 aliphatic heterocycles. The van der Waals surface area contributed by atoms with Crippen molar-refractivity contribution in [2.75, 3.05) is 19.4 Å². The standard InChI is InChI=1S/C13H16N4O2/c1-9(11-5-7-19-16-11)17(3)13(18)10-4-6-15-12(8-10)14-2/h4-9H,1-3H3,(H,14,15). The summed E-state index contributed by atoms with van der Waals surface area (Å²) in [6.07, 6.45) is 3.10. The number of rotatable bonds is 4. The molecule has 6 heteroatoms. The topological polar surface area (TPSA) is 71.3 Å². The van der Waals surface area contributed by atoms with Crippen molar-refractivity contribution in [2.45, 2.75) is 13.0 Å². The Hall–Kier alpha value is -2.37. The quantitative estimate of drug-likeness (QED) is 0.909. The first kappa shape index (κ1) is 13.1. The van der Waals surface area contributed by atoms with Crippen LogP contribution in [0.3, 0.4) is 0 Å². The number of anilines is 1. The van der Waals surface area contributed by atoms with Gasteiger partial charge in [-0.3, -0.25) is 4.79 Å². The second-order valence-electron chi connectivity index (χ2n) is 4.20. The number of carbonyl (C=O) groups excluding carboxylic acids is 1. The third kappa shape index (κ3) is 2.73. The lowest BCUT2D eigenvalue weighted by atomic mass is 10.1. The molecule has 0 aromatic carbocycles. The molecule has 0 aliphatic carbocycles. The van der Waals surface area contributed by atoms with Crippen LogP contribution in [0, 0.1) is 0 Å². The van der Waals surface area contributed by atoms with Crippen molar-refractivity contribution in [1.29, 1.82) is 0 Å². The molecule has 2 aromatic rings. The Bertz CT molecular complexity index is 554. The van der Waals surface area contributed by atoms with E-state index in [1.807, 2.05) is 6.92 Å². The molecule has 0 spiro atoms. The molecule has 0 saturated carbocycles. The van der Waals surface area contributed by atoms with Gasteiger partial charge in [-0.15, -0.1) is 0 Å². The fourth-order valence-corrected chi connectivity index (χ4v) is 1.72. The van der Waals surface area contributed by atoms with Crippen LogP contribution in [0.1, 0.15) is 29.0 Å². The minimum absolute atomic E-state index is 0.0885. The number of carbonyl (C=O) groups is 1. The van der Waals surface area contributed by atoms with E-state index in [0.29, 0.717) is 11.4 Å². The molecule has 2 rings (SSSR count). The number of pyridine rings is 1. The van der Waals surface area contributed by atoms with Crippen LogP contribution in [-0.4, -0.2) is 35.0 Å². The Morgan fingerprint density at radius 2 is 2.26 bits per heavy atom. The molecule has 0 fully saturated rings. The van der Waals surface area contributed by atoms with E-state index in [1.54, 1.807) is 43.4 Å². The summed E-state index contributed by atoms with van der Waals surface area (Å²) in [5.74, 6) is 0.572. The number of amides is 1. The SMILES string of the molecule is CNc1cc(C(=O)N(C)C(C)c2ccon2)ccn1. The molecule has 2 aromatic heterocycles. The molecule has 6 nitrogen and oxygen atoms in total. The summed E-state index contributed by atoms with van der Waals surface area (Å²) < 4.78 is 4.80. The van der Waals surface area contributed by atoms with Gasteiger partial charge >= 0.3 is 0 Å². The van der Waals surface area contributed by atoms with E-state index < -0.39 is 0 Å². The van der Waals surface area contributed by atoms with Crippen LogP contribution < -0.4 is 5.32 Å². The maximum absolute atomic E-state index is 12.4. The van der Waals surface area contributed by atoms with Crippen LogP contribution in [0.25, 0.3) is 0 Å². The van der Waals surface area contributed by atoms with Crippen LogP contribution in [0.5, 0.6) is 0 Å². The number of nitrogens with zero attached hydrogens (tertiary/aromatic N) is 3. The Labute approximate surface area is 111 Å². The summed E-state index contributed by atoms with van der Waals surface area (Å²) in [5.41, 5.74) is 1.30. The van der Waals surface area contributed by atoms with Gasteiger partial charge in [0.05, 0.1) is 6.04 Å². The van der Waals surface area contributed by atoms with Gasteiger partial charge in [0.15, 0.2) is 0 Å². The fraction of sp³-hybridized carbons (Fsp3) is 0.308. The van der Waals surface area contributed by atoms with Crippen LogP contribution in [0.15, 0.2) is 35.2 Å². The lowest BCUT2D eigenvalue weighted by Crippen LogP contribution is -2.29. The summed E-state index contributed by atoms with van der Waals surface area (Å²) in [7, 11) is 3.50. The van der Waals surface area contributed by atoms with Crippen LogP contribution in [-0.2, 0) is 0 Å². The van der Waals surface area contributed by atoms with E-state index in [9.17, 15) is 4.79 Å². The molecule has 100 valence electrons. The first-order chi connectivity index (χ1) is 9.13. The second kappa shape index (κ2) is 5.51. The summed E-state index contributed by atoms with van der Waals surface area (Å²) in [6.45, 7) is 1.90. The van der Waals surface area contributed by atoms with Gasteiger partial charge in [0.1, 0.15) is 17.8 Å². The summed E-state index contributed by atoms with van der Waals surface area (Å²) in [6, 6.07) is 5.00. The first-order valence-corrected chi connectivity index (χ1v) is 5.94. The van der Waals surface area contributed by atoms with Gasteiger partial charge in [-0.05, 0) is 19.1 Å². The van der Waals surface area contributed by atoms with Crippen LogP contribution in [0.2, 0.25) is 0 Å². The van der Waals surface area contributed by atoms with Crippen molar-refractivity contribution in [3.05, 3.63) is 41.9 Å². The lowest BCUT2D eigenvalue weighted by Gasteiger charge is -2.23. The molecule has 1 unspecified atom stereocenters. The van der Waals surface area contributed by atoms with Gasteiger partial charge in [-0.1, -0.05) is 5.16 Å². The minimum atomic E-state index is -0.155. The molecule has 0 aliphatic rings. The highest BCUT2D eigenvalue weighted by atomic mass is 16.5. The Morgan fingerprint density at radius 3 is 2.89 bits per heavy atom. The fourth-order valence-electron chi connectivity index (χ4n) is 1.72. The van der Waals surface area contributed by atoms with E-state index in [1.165, 1.54) is 6.26 Å². The predicted molar refractivity (Wildman–Crippen MR) is 70.8 cm³/mol. The number of nitrogens with one attached hydrogen (secondary N) is 1. The van der Waals surface area contributed by atoms with Crippen molar-refractivity contribution in [2.24, 2.45) is 0 Å². The van der Waals surface area contributed by atoms with E-state index in [2.05, 4.69) is 15.5 Å². The molecular weight excluding hydrogens is 244 g/mol. The van der Waals surface area contributed by atoms with Crippen LogP contribution in [0.4, 0.5) is 5.82 Å². The molecule has 0 saturated heterocycles. The molecule has 1 amide bonds. The minimum Gasteiger partial charge on any atom is -0.373 e. The van der Waals surface area contributed by atoms with Gasteiger partial charge in [-0.25, -0.2) is 4.98 Å². The Morgan fingerprint density at radius 1 is 1.47 bits per heavy atom. The molecule has 0 radical (unpaired) electrons.